The van der Waals surface area contributed by atoms with Crippen LogP contribution in [0, 0.1) is 0 Å². The summed E-state index contributed by atoms with van der Waals surface area (Å²) in [6, 6.07) is 11.5. The van der Waals surface area contributed by atoms with Gasteiger partial charge in [-0.1, -0.05) is 30.3 Å². The van der Waals surface area contributed by atoms with Crippen molar-refractivity contribution in [2.75, 3.05) is 0 Å². The van der Waals surface area contributed by atoms with E-state index in [1.807, 2.05) is 0 Å². The van der Waals surface area contributed by atoms with Gasteiger partial charge < -0.3 is 5.11 Å². The molecular weight excluding hydrogens is 242 g/mol. The van der Waals surface area contributed by atoms with Gasteiger partial charge in [0.15, 0.2) is 0 Å². The lowest BCUT2D eigenvalue weighted by Crippen LogP contribution is -2.00. The predicted molar refractivity (Wildman–Crippen MR) is 71.0 cm³/mol. The third-order valence-electron chi connectivity index (χ3n) is 2.52. The number of carboxylic acid groups (broad SMARTS) is 1. The number of nitrogens with zero attached hydrogens (tertiary/aromatic N) is 1. The Labute approximate surface area is 110 Å². The second-order valence-electron chi connectivity index (χ2n) is 3.80. The monoisotopic (exact) mass is 253 g/mol. The van der Waals surface area contributed by atoms with Gasteiger partial charge in [-0.3, -0.25) is 9.78 Å². The van der Waals surface area contributed by atoms with Crippen molar-refractivity contribution < 1.29 is 14.7 Å². The Kier molecular flexibility index (Phi) is 3.83. The molecule has 0 spiro atoms. The highest BCUT2D eigenvalue weighted by Gasteiger charge is 2.07. The van der Waals surface area contributed by atoms with Crippen LogP contribution in [0.3, 0.4) is 0 Å². The number of hydrogen-bond acceptors (Lipinski definition) is 3. The number of ketones is 1. The molecule has 1 aromatic heterocycles. The molecule has 0 radical (unpaired) electrons. The summed E-state index contributed by atoms with van der Waals surface area (Å²) in [4.78, 5) is 26.7. The smallest absolute Gasteiger partial charge is 0.336 e. The van der Waals surface area contributed by atoms with E-state index in [2.05, 4.69) is 4.98 Å². The maximum absolute atomic E-state index is 11.8. The number of rotatable bonds is 4. The van der Waals surface area contributed by atoms with Gasteiger partial charge in [-0.25, -0.2) is 4.79 Å². The minimum absolute atomic E-state index is 0.160. The zero-order valence-electron chi connectivity index (χ0n) is 9.98. The number of carbonyl (C=O) groups is 2. The number of pyridine rings is 1. The summed E-state index contributed by atoms with van der Waals surface area (Å²) in [5, 5.41) is 9.02. The number of benzene rings is 1. The van der Waals surface area contributed by atoms with Crippen molar-refractivity contribution in [2.45, 2.75) is 0 Å². The molecule has 4 heteroatoms. The Balaban J connectivity index is 2.24. The van der Waals surface area contributed by atoms with E-state index in [4.69, 9.17) is 5.11 Å². The van der Waals surface area contributed by atoms with E-state index in [1.165, 1.54) is 24.4 Å². The highest BCUT2D eigenvalue weighted by Crippen LogP contribution is 2.11. The van der Waals surface area contributed by atoms with Crippen molar-refractivity contribution in [3.63, 3.8) is 0 Å². The Bertz CT molecular complexity index is 633. The molecular formula is C15H11NO3. The van der Waals surface area contributed by atoms with Gasteiger partial charge in [0.1, 0.15) is 5.69 Å². The molecule has 1 heterocycles. The molecule has 4 nitrogen and oxygen atoms in total. The number of carboxylic acids is 1. The van der Waals surface area contributed by atoms with Crippen molar-refractivity contribution in [2.24, 2.45) is 0 Å². The van der Waals surface area contributed by atoms with E-state index in [0.29, 0.717) is 11.3 Å². The van der Waals surface area contributed by atoms with Crippen LogP contribution in [-0.4, -0.2) is 21.8 Å². The molecule has 0 bridgehead atoms. The van der Waals surface area contributed by atoms with Gasteiger partial charge in [-0.2, -0.15) is 0 Å². The van der Waals surface area contributed by atoms with E-state index in [9.17, 15) is 9.59 Å². The maximum Gasteiger partial charge on any atom is 0.336 e. The molecule has 94 valence electrons. The SMILES string of the molecule is O=C(/C=C/c1ccccc1C(=O)O)c1ccccn1. The third-order valence-corrected chi connectivity index (χ3v) is 2.52. The quantitative estimate of drug-likeness (QED) is 0.672. The van der Waals surface area contributed by atoms with Crippen molar-refractivity contribution in [1.29, 1.82) is 0 Å². The molecule has 0 saturated carbocycles. The number of carbonyl (C=O) groups excluding carboxylic acids is 1. The van der Waals surface area contributed by atoms with Crippen LogP contribution in [0.1, 0.15) is 26.4 Å². The van der Waals surface area contributed by atoms with Crippen LogP contribution in [-0.2, 0) is 0 Å². The first-order valence-electron chi connectivity index (χ1n) is 5.64. The third kappa shape index (κ3) is 3.13. The lowest BCUT2D eigenvalue weighted by Gasteiger charge is -1.99. The van der Waals surface area contributed by atoms with Gasteiger partial charge in [0.25, 0.3) is 0 Å². The molecule has 0 aliphatic heterocycles. The molecule has 19 heavy (non-hydrogen) atoms. The molecule has 1 aromatic carbocycles. The van der Waals surface area contributed by atoms with Gasteiger partial charge in [0, 0.05) is 6.20 Å². The molecule has 2 aromatic rings. The van der Waals surface area contributed by atoms with Crippen LogP contribution in [0.15, 0.2) is 54.7 Å². The summed E-state index contributed by atoms with van der Waals surface area (Å²) in [6.45, 7) is 0. The molecule has 2 rings (SSSR count). The summed E-state index contributed by atoms with van der Waals surface area (Å²) < 4.78 is 0. The van der Waals surface area contributed by atoms with Gasteiger partial charge in [-0.05, 0) is 29.8 Å². The Morgan fingerprint density at radius 2 is 1.79 bits per heavy atom. The van der Waals surface area contributed by atoms with Gasteiger partial charge in [0.05, 0.1) is 5.56 Å². The summed E-state index contributed by atoms with van der Waals surface area (Å²) in [5.74, 6) is -1.29. The second kappa shape index (κ2) is 5.73. The molecule has 0 saturated heterocycles. The summed E-state index contributed by atoms with van der Waals surface area (Å²) in [5.41, 5.74) is 0.971. The Morgan fingerprint density at radius 3 is 2.47 bits per heavy atom. The maximum atomic E-state index is 11.8. The minimum Gasteiger partial charge on any atom is -0.478 e. The molecule has 0 aliphatic rings. The number of allylic oxidation sites excluding steroid dienone is 1. The first-order valence-corrected chi connectivity index (χ1v) is 5.64. The van der Waals surface area contributed by atoms with E-state index in [-0.39, 0.29) is 11.3 Å². The number of aromatic carboxylic acids is 1. The van der Waals surface area contributed by atoms with Gasteiger partial charge >= 0.3 is 5.97 Å². The standard InChI is InChI=1S/C15H11NO3/c17-14(13-7-3-4-10-16-13)9-8-11-5-1-2-6-12(11)15(18)19/h1-10H,(H,18,19)/b9-8+. The molecule has 0 aliphatic carbocycles. The van der Waals surface area contributed by atoms with E-state index < -0.39 is 5.97 Å². The minimum atomic E-state index is -1.02. The normalized spacial score (nSPS) is 10.5. The molecule has 1 N–H and O–H groups in total. The predicted octanol–water partition coefficient (Wildman–Crippen LogP) is 2.68. The number of aromatic nitrogens is 1. The Hall–Kier alpha value is -2.75. The van der Waals surface area contributed by atoms with Crippen LogP contribution in [0.2, 0.25) is 0 Å². The van der Waals surface area contributed by atoms with Crippen LogP contribution in [0.25, 0.3) is 6.08 Å². The van der Waals surface area contributed by atoms with E-state index >= 15 is 0 Å². The van der Waals surface area contributed by atoms with E-state index in [0.717, 1.165) is 0 Å². The zero-order valence-corrected chi connectivity index (χ0v) is 9.98. The lowest BCUT2D eigenvalue weighted by atomic mass is 10.1. The fourth-order valence-electron chi connectivity index (χ4n) is 1.60. The highest BCUT2D eigenvalue weighted by atomic mass is 16.4. The van der Waals surface area contributed by atoms with Crippen molar-refractivity contribution in [3.05, 3.63) is 71.6 Å². The fourth-order valence-corrected chi connectivity index (χ4v) is 1.60. The largest absolute Gasteiger partial charge is 0.478 e. The van der Waals surface area contributed by atoms with E-state index in [1.54, 1.807) is 36.4 Å². The van der Waals surface area contributed by atoms with Crippen LogP contribution in [0.4, 0.5) is 0 Å². The fraction of sp³-hybridized carbons (Fsp3) is 0. The first kappa shape index (κ1) is 12.7. The second-order valence-corrected chi connectivity index (χ2v) is 3.80. The van der Waals surface area contributed by atoms with Gasteiger partial charge in [0.2, 0.25) is 5.78 Å². The summed E-state index contributed by atoms with van der Waals surface area (Å²) >= 11 is 0. The van der Waals surface area contributed by atoms with Crippen LogP contribution in [0.5, 0.6) is 0 Å². The number of hydrogen-bond donors (Lipinski definition) is 1. The van der Waals surface area contributed by atoms with Crippen molar-refractivity contribution >= 4 is 17.8 Å². The topological polar surface area (TPSA) is 67.3 Å². The van der Waals surface area contributed by atoms with Crippen molar-refractivity contribution in [3.8, 4) is 0 Å². The Morgan fingerprint density at radius 1 is 1.05 bits per heavy atom. The first-order chi connectivity index (χ1) is 9.18. The average molecular weight is 253 g/mol. The molecule has 0 amide bonds. The molecule has 0 atom stereocenters. The summed E-state index contributed by atoms with van der Waals surface area (Å²) in [7, 11) is 0. The van der Waals surface area contributed by atoms with Crippen molar-refractivity contribution in [1.82, 2.24) is 4.98 Å². The van der Waals surface area contributed by atoms with Crippen LogP contribution >= 0.6 is 0 Å². The highest BCUT2D eigenvalue weighted by molar-refractivity contribution is 6.06. The zero-order chi connectivity index (χ0) is 13.7. The molecule has 0 fully saturated rings. The summed E-state index contributed by atoms with van der Waals surface area (Å²) in [6.07, 6.45) is 4.34. The lowest BCUT2D eigenvalue weighted by molar-refractivity contribution is 0.0696. The van der Waals surface area contributed by atoms with Crippen LogP contribution < -0.4 is 0 Å². The van der Waals surface area contributed by atoms with Gasteiger partial charge in [-0.15, -0.1) is 0 Å². The average Bonchev–Trinajstić information content (AvgIpc) is 2.46. The molecule has 0 unspecified atom stereocenters.